The minimum absolute atomic E-state index is 0.304. The third kappa shape index (κ3) is 3.61. The zero-order valence-electron chi connectivity index (χ0n) is 13.9. The number of nitrogens with one attached hydrogen (secondary N) is 1. The smallest absolute Gasteiger partial charge is 0.242 e. The third-order valence-corrected chi connectivity index (χ3v) is 4.13. The fourth-order valence-electron chi connectivity index (χ4n) is 2.81. The molecule has 3 aromatic rings. The number of rotatable bonds is 5. The Hall–Kier alpha value is -3.32. The number of ether oxygens (including phenoxy) is 1. The molecular weight excluding hydrogens is 312 g/mol. The van der Waals surface area contributed by atoms with Crippen LogP contribution in [0.1, 0.15) is 17.0 Å². The summed E-state index contributed by atoms with van der Waals surface area (Å²) in [6.45, 7) is 0.395. The standard InChI is InChI=1S/C21H18N2O2/c1-25-17-11-10-16-8-5-9-18(19(16)12-17)20(13-22)21(24)23-14-15-6-3-2-4-7-15/h2-12,20H,14H2,1H3,(H,23,24). The van der Waals surface area contributed by atoms with Crippen molar-refractivity contribution in [3.05, 3.63) is 77.9 Å². The predicted octanol–water partition coefficient (Wildman–Crippen LogP) is 3.77. The molecule has 0 aliphatic rings. The van der Waals surface area contributed by atoms with Crippen LogP contribution in [0.3, 0.4) is 0 Å². The molecule has 0 saturated heterocycles. The van der Waals surface area contributed by atoms with E-state index in [2.05, 4.69) is 11.4 Å². The van der Waals surface area contributed by atoms with E-state index < -0.39 is 5.92 Å². The molecule has 3 rings (SSSR count). The number of carbonyl (C=O) groups excluding carboxylic acids is 1. The molecule has 0 fully saturated rings. The van der Waals surface area contributed by atoms with Crippen molar-refractivity contribution in [3.63, 3.8) is 0 Å². The van der Waals surface area contributed by atoms with Gasteiger partial charge in [0.1, 0.15) is 5.75 Å². The monoisotopic (exact) mass is 330 g/mol. The average molecular weight is 330 g/mol. The van der Waals surface area contributed by atoms with Crippen LogP contribution >= 0.6 is 0 Å². The van der Waals surface area contributed by atoms with Crippen molar-refractivity contribution < 1.29 is 9.53 Å². The molecule has 0 radical (unpaired) electrons. The van der Waals surface area contributed by atoms with Crippen LogP contribution in [0.5, 0.6) is 5.75 Å². The van der Waals surface area contributed by atoms with E-state index in [1.807, 2.05) is 66.7 Å². The number of fused-ring (bicyclic) bond motifs is 1. The zero-order chi connectivity index (χ0) is 17.6. The summed E-state index contributed by atoms with van der Waals surface area (Å²) < 4.78 is 5.27. The summed E-state index contributed by atoms with van der Waals surface area (Å²) in [5.41, 5.74) is 1.68. The van der Waals surface area contributed by atoms with E-state index in [0.717, 1.165) is 16.3 Å². The largest absolute Gasteiger partial charge is 0.497 e. The SMILES string of the molecule is COc1ccc2cccc(C(C#N)C(=O)NCc3ccccc3)c2c1. The lowest BCUT2D eigenvalue weighted by Crippen LogP contribution is -2.28. The fourth-order valence-corrected chi connectivity index (χ4v) is 2.81. The van der Waals surface area contributed by atoms with Crippen molar-refractivity contribution in [2.45, 2.75) is 12.5 Å². The number of hydrogen-bond acceptors (Lipinski definition) is 3. The van der Waals surface area contributed by atoms with Gasteiger partial charge in [-0.15, -0.1) is 0 Å². The lowest BCUT2D eigenvalue weighted by Gasteiger charge is -2.14. The van der Waals surface area contributed by atoms with Crippen molar-refractivity contribution in [2.24, 2.45) is 0 Å². The molecule has 124 valence electrons. The molecular formula is C21H18N2O2. The van der Waals surface area contributed by atoms with E-state index in [-0.39, 0.29) is 5.91 Å². The first kappa shape index (κ1) is 16.5. The molecule has 1 N–H and O–H groups in total. The number of benzene rings is 3. The van der Waals surface area contributed by atoms with Crippen LogP contribution in [0, 0.1) is 11.3 Å². The molecule has 1 unspecified atom stereocenters. The van der Waals surface area contributed by atoms with Gasteiger partial charge < -0.3 is 10.1 Å². The molecule has 25 heavy (non-hydrogen) atoms. The molecule has 0 saturated carbocycles. The van der Waals surface area contributed by atoms with Crippen molar-refractivity contribution in [1.82, 2.24) is 5.32 Å². The number of nitrogens with zero attached hydrogens (tertiary/aromatic N) is 1. The summed E-state index contributed by atoms with van der Waals surface area (Å²) in [6.07, 6.45) is 0. The van der Waals surface area contributed by atoms with E-state index in [1.165, 1.54) is 0 Å². The second kappa shape index (κ2) is 7.50. The lowest BCUT2D eigenvalue weighted by atomic mass is 9.93. The lowest BCUT2D eigenvalue weighted by molar-refractivity contribution is -0.121. The Morgan fingerprint density at radius 1 is 1.12 bits per heavy atom. The van der Waals surface area contributed by atoms with Gasteiger partial charge in [0.15, 0.2) is 5.92 Å². The molecule has 4 heteroatoms. The van der Waals surface area contributed by atoms with Crippen LogP contribution in [0.4, 0.5) is 0 Å². The van der Waals surface area contributed by atoms with Crippen LogP contribution in [0.25, 0.3) is 10.8 Å². The molecule has 1 atom stereocenters. The summed E-state index contributed by atoms with van der Waals surface area (Å²) >= 11 is 0. The average Bonchev–Trinajstić information content (AvgIpc) is 2.67. The van der Waals surface area contributed by atoms with Gasteiger partial charge in [0.2, 0.25) is 5.91 Å². The van der Waals surface area contributed by atoms with Crippen LogP contribution < -0.4 is 10.1 Å². The Labute approximate surface area is 146 Å². The van der Waals surface area contributed by atoms with Crippen LogP contribution in [0.2, 0.25) is 0 Å². The molecule has 0 aromatic heterocycles. The van der Waals surface area contributed by atoms with Gasteiger partial charge in [0, 0.05) is 6.54 Å². The van der Waals surface area contributed by atoms with Gasteiger partial charge in [-0.1, -0.05) is 54.6 Å². The first-order chi connectivity index (χ1) is 12.2. The zero-order valence-corrected chi connectivity index (χ0v) is 13.9. The summed E-state index contributed by atoms with van der Waals surface area (Å²) in [4.78, 5) is 12.6. The van der Waals surface area contributed by atoms with E-state index in [0.29, 0.717) is 17.9 Å². The van der Waals surface area contributed by atoms with Gasteiger partial charge in [-0.2, -0.15) is 5.26 Å². The quantitative estimate of drug-likeness (QED) is 0.774. The van der Waals surface area contributed by atoms with Gasteiger partial charge in [-0.25, -0.2) is 0 Å². The summed E-state index contributed by atoms with van der Waals surface area (Å²) in [5, 5.41) is 14.3. The number of hydrogen-bond donors (Lipinski definition) is 1. The second-order valence-corrected chi connectivity index (χ2v) is 5.70. The second-order valence-electron chi connectivity index (χ2n) is 5.70. The highest BCUT2D eigenvalue weighted by Gasteiger charge is 2.22. The van der Waals surface area contributed by atoms with Crippen molar-refractivity contribution >= 4 is 16.7 Å². The maximum Gasteiger partial charge on any atom is 0.242 e. The molecule has 0 aliphatic heterocycles. The molecule has 0 spiro atoms. The van der Waals surface area contributed by atoms with Crippen LogP contribution in [0.15, 0.2) is 66.7 Å². The summed E-state index contributed by atoms with van der Waals surface area (Å²) in [6, 6.07) is 23.0. The molecule has 1 amide bonds. The summed E-state index contributed by atoms with van der Waals surface area (Å²) in [7, 11) is 1.60. The Morgan fingerprint density at radius 2 is 1.92 bits per heavy atom. The Kier molecular flexibility index (Phi) is 4.96. The topological polar surface area (TPSA) is 62.1 Å². The van der Waals surface area contributed by atoms with E-state index in [4.69, 9.17) is 4.74 Å². The van der Waals surface area contributed by atoms with Crippen LogP contribution in [-0.2, 0) is 11.3 Å². The van der Waals surface area contributed by atoms with Gasteiger partial charge in [-0.05, 0) is 34.0 Å². The van der Waals surface area contributed by atoms with Crippen LogP contribution in [-0.4, -0.2) is 13.0 Å². The normalized spacial score (nSPS) is 11.5. The van der Waals surface area contributed by atoms with Crippen molar-refractivity contribution in [3.8, 4) is 11.8 Å². The number of nitriles is 1. The molecule has 4 nitrogen and oxygen atoms in total. The van der Waals surface area contributed by atoms with Gasteiger partial charge in [-0.3, -0.25) is 4.79 Å². The first-order valence-corrected chi connectivity index (χ1v) is 8.01. The predicted molar refractivity (Wildman–Crippen MR) is 97.1 cm³/mol. The minimum atomic E-state index is -0.875. The highest BCUT2D eigenvalue weighted by atomic mass is 16.5. The Bertz CT molecular complexity index is 930. The third-order valence-electron chi connectivity index (χ3n) is 4.13. The number of amides is 1. The maximum atomic E-state index is 12.6. The number of methoxy groups -OCH3 is 1. The van der Waals surface area contributed by atoms with Gasteiger partial charge in [0.05, 0.1) is 13.2 Å². The van der Waals surface area contributed by atoms with Crippen molar-refractivity contribution in [1.29, 1.82) is 5.26 Å². The van der Waals surface area contributed by atoms with E-state index in [9.17, 15) is 10.1 Å². The number of carbonyl (C=O) groups is 1. The van der Waals surface area contributed by atoms with E-state index >= 15 is 0 Å². The Balaban J connectivity index is 1.89. The van der Waals surface area contributed by atoms with Crippen molar-refractivity contribution in [2.75, 3.05) is 7.11 Å². The van der Waals surface area contributed by atoms with E-state index in [1.54, 1.807) is 7.11 Å². The Morgan fingerprint density at radius 3 is 2.64 bits per heavy atom. The molecule has 0 bridgehead atoms. The van der Waals surface area contributed by atoms with Gasteiger partial charge >= 0.3 is 0 Å². The first-order valence-electron chi connectivity index (χ1n) is 8.01. The summed E-state index contributed by atoms with van der Waals surface area (Å²) in [5.74, 6) is -0.484. The molecule has 0 heterocycles. The maximum absolute atomic E-state index is 12.6. The minimum Gasteiger partial charge on any atom is -0.497 e. The molecule has 3 aromatic carbocycles. The highest BCUT2D eigenvalue weighted by Crippen LogP contribution is 2.29. The van der Waals surface area contributed by atoms with Gasteiger partial charge in [0.25, 0.3) is 0 Å². The highest BCUT2D eigenvalue weighted by molar-refractivity contribution is 5.95. The molecule has 0 aliphatic carbocycles. The fraction of sp³-hybridized carbons (Fsp3) is 0.143.